The molecule has 0 aliphatic rings. The van der Waals surface area contributed by atoms with Crippen LogP contribution in [0.2, 0.25) is 0 Å². The Morgan fingerprint density at radius 3 is 2.50 bits per heavy atom. The Balaban J connectivity index is 3.17. The zero-order valence-corrected chi connectivity index (χ0v) is 12.3. The van der Waals surface area contributed by atoms with Crippen molar-refractivity contribution in [3.63, 3.8) is 0 Å². The minimum Gasteiger partial charge on any atom is -0.313 e. The van der Waals surface area contributed by atoms with Gasteiger partial charge >= 0.3 is 0 Å². The highest BCUT2D eigenvalue weighted by Crippen LogP contribution is 2.21. The summed E-state index contributed by atoms with van der Waals surface area (Å²) in [5.41, 5.74) is 1.01. The average molecular weight is 270 g/mol. The molecule has 1 N–H and O–H groups in total. The van der Waals surface area contributed by atoms with E-state index in [4.69, 9.17) is 0 Å². The van der Waals surface area contributed by atoms with E-state index in [0.717, 1.165) is 12.0 Å². The van der Waals surface area contributed by atoms with Crippen LogP contribution in [0.5, 0.6) is 0 Å². The summed E-state index contributed by atoms with van der Waals surface area (Å²) in [6, 6.07) is 7.34. The maximum atomic E-state index is 12.2. The molecule has 0 saturated heterocycles. The summed E-state index contributed by atoms with van der Waals surface area (Å²) < 4.78 is 25.8. The molecule has 0 amide bonds. The molecule has 0 bridgehead atoms. The first-order valence-electron chi connectivity index (χ1n) is 6.20. The van der Waals surface area contributed by atoms with E-state index in [1.165, 1.54) is 4.31 Å². The zero-order valence-electron chi connectivity index (χ0n) is 11.5. The molecule has 0 spiro atoms. The molecule has 1 rings (SSSR count). The van der Waals surface area contributed by atoms with Gasteiger partial charge in [0.25, 0.3) is 0 Å². The summed E-state index contributed by atoms with van der Waals surface area (Å²) in [7, 11) is 0.121. The van der Waals surface area contributed by atoms with Gasteiger partial charge in [-0.15, -0.1) is 0 Å². The molecule has 1 atom stereocenters. The van der Waals surface area contributed by atoms with Crippen molar-refractivity contribution >= 4 is 10.0 Å². The van der Waals surface area contributed by atoms with Crippen molar-refractivity contribution in [3.05, 3.63) is 29.8 Å². The molecule has 4 nitrogen and oxygen atoms in total. The summed E-state index contributed by atoms with van der Waals surface area (Å²) in [5.74, 6) is 0. The molecular weight excluding hydrogens is 248 g/mol. The lowest BCUT2D eigenvalue weighted by Gasteiger charge is -2.18. The maximum absolute atomic E-state index is 12.2. The van der Waals surface area contributed by atoms with Crippen molar-refractivity contribution in [2.24, 2.45) is 0 Å². The first kappa shape index (κ1) is 15.1. The Morgan fingerprint density at radius 1 is 1.33 bits per heavy atom. The van der Waals surface area contributed by atoms with E-state index >= 15 is 0 Å². The number of nitrogens with zero attached hydrogens (tertiary/aromatic N) is 1. The quantitative estimate of drug-likeness (QED) is 0.860. The van der Waals surface area contributed by atoms with Gasteiger partial charge in [-0.3, -0.25) is 0 Å². The fourth-order valence-electron chi connectivity index (χ4n) is 1.85. The lowest BCUT2D eigenvalue weighted by Crippen LogP contribution is -2.26. The van der Waals surface area contributed by atoms with Crippen molar-refractivity contribution in [2.75, 3.05) is 20.6 Å². The standard InChI is InChI=1S/C13H22N2O2S/c1-5-13(14-3)11-8-7-9-12(10-11)18(16,17)15(4)6-2/h7-10,13-14H,5-6H2,1-4H3. The Morgan fingerprint density at radius 2 is 2.00 bits per heavy atom. The molecule has 1 aromatic rings. The highest BCUT2D eigenvalue weighted by molar-refractivity contribution is 7.89. The van der Waals surface area contributed by atoms with Gasteiger partial charge in [-0.05, 0) is 31.2 Å². The monoisotopic (exact) mass is 270 g/mol. The van der Waals surface area contributed by atoms with Crippen molar-refractivity contribution in [1.29, 1.82) is 0 Å². The summed E-state index contributed by atoms with van der Waals surface area (Å²) in [6.07, 6.45) is 0.920. The molecule has 1 aromatic carbocycles. The van der Waals surface area contributed by atoms with Gasteiger partial charge < -0.3 is 5.32 Å². The van der Waals surface area contributed by atoms with Crippen LogP contribution < -0.4 is 5.32 Å². The molecule has 0 aromatic heterocycles. The smallest absolute Gasteiger partial charge is 0.242 e. The zero-order chi connectivity index (χ0) is 13.8. The molecule has 102 valence electrons. The van der Waals surface area contributed by atoms with E-state index in [0.29, 0.717) is 11.4 Å². The van der Waals surface area contributed by atoms with Gasteiger partial charge in [0.1, 0.15) is 0 Å². The predicted molar refractivity (Wildman–Crippen MR) is 74.0 cm³/mol. The third-order valence-corrected chi connectivity index (χ3v) is 5.10. The second kappa shape index (κ2) is 6.31. The number of sulfonamides is 1. The van der Waals surface area contributed by atoms with Gasteiger partial charge in [-0.25, -0.2) is 12.7 Å². The summed E-state index contributed by atoms with van der Waals surface area (Å²) in [4.78, 5) is 0.359. The fourth-order valence-corrected chi connectivity index (χ4v) is 3.08. The highest BCUT2D eigenvalue weighted by Gasteiger charge is 2.20. The topological polar surface area (TPSA) is 49.4 Å². The molecule has 0 aliphatic carbocycles. The van der Waals surface area contributed by atoms with Crippen LogP contribution in [0.3, 0.4) is 0 Å². The van der Waals surface area contributed by atoms with Crippen LogP contribution in [-0.2, 0) is 10.0 Å². The van der Waals surface area contributed by atoms with E-state index in [1.54, 1.807) is 25.2 Å². The van der Waals surface area contributed by atoms with Crippen LogP contribution in [0, 0.1) is 0 Å². The maximum Gasteiger partial charge on any atom is 0.242 e. The highest BCUT2D eigenvalue weighted by atomic mass is 32.2. The van der Waals surface area contributed by atoms with Crippen LogP contribution in [0.1, 0.15) is 31.9 Å². The lowest BCUT2D eigenvalue weighted by atomic mass is 10.1. The molecule has 0 saturated carbocycles. The second-order valence-corrected chi connectivity index (χ2v) is 6.29. The Labute approximate surface area is 110 Å². The van der Waals surface area contributed by atoms with E-state index in [1.807, 2.05) is 20.0 Å². The van der Waals surface area contributed by atoms with Crippen molar-refractivity contribution in [3.8, 4) is 0 Å². The van der Waals surface area contributed by atoms with Gasteiger partial charge in [-0.1, -0.05) is 26.0 Å². The molecule has 0 aliphatic heterocycles. The Bertz CT molecular complexity index is 482. The average Bonchev–Trinajstić information content (AvgIpc) is 2.39. The van der Waals surface area contributed by atoms with Crippen LogP contribution in [0.25, 0.3) is 0 Å². The molecular formula is C13H22N2O2S. The lowest BCUT2D eigenvalue weighted by molar-refractivity contribution is 0.486. The van der Waals surface area contributed by atoms with E-state index in [2.05, 4.69) is 12.2 Å². The minimum atomic E-state index is -3.36. The van der Waals surface area contributed by atoms with Crippen LogP contribution in [0.4, 0.5) is 0 Å². The molecule has 0 heterocycles. The molecule has 5 heteroatoms. The Kier molecular flexibility index (Phi) is 5.31. The van der Waals surface area contributed by atoms with Gasteiger partial charge in [0.2, 0.25) is 10.0 Å². The van der Waals surface area contributed by atoms with Gasteiger partial charge in [0.15, 0.2) is 0 Å². The normalized spacial score (nSPS) is 13.8. The number of hydrogen-bond donors (Lipinski definition) is 1. The first-order valence-corrected chi connectivity index (χ1v) is 7.64. The third kappa shape index (κ3) is 3.10. The summed E-state index contributed by atoms with van der Waals surface area (Å²) in [6.45, 7) is 4.36. The van der Waals surface area contributed by atoms with Gasteiger partial charge in [0, 0.05) is 19.6 Å². The van der Waals surface area contributed by atoms with Crippen molar-refractivity contribution in [2.45, 2.75) is 31.2 Å². The van der Waals surface area contributed by atoms with Crippen LogP contribution >= 0.6 is 0 Å². The second-order valence-electron chi connectivity index (χ2n) is 4.24. The molecule has 1 unspecified atom stereocenters. The van der Waals surface area contributed by atoms with Gasteiger partial charge in [0.05, 0.1) is 4.90 Å². The molecule has 0 fully saturated rings. The first-order chi connectivity index (χ1) is 8.47. The SMILES string of the molecule is CCC(NC)c1cccc(S(=O)(=O)N(C)CC)c1. The number of nitrogens with one attached hydrogen (secondary N) is 1. The minimum absolute atomic E-state index is 0.187. The van der Waals surface area contributed by atoms with Crippen LogP contribution in [-0.4, -0.2) is 33.4 Å². The predicted octanol–water partition coefficient (Wildman–Crippen LogP) is 2.00. The number of benzene rings is 1. The van der Waals surface area contributed by atoms with Crippen LogP contribution in [0.15, 0.2) is 29.2 Å². The fraction of sp³-hybridized carbons (Fsp3) is 0.538. The van der Waals surface area contributed by atoms with E-state index < -0.39 is 10.0 Å². The van der Waals surface area contributed by atoms with E-state index in [-0.39, 0.29) is 6.04 Å². The molecule has 18 heavy (non-hydrogen) atoms. The van der Waals surface area contributed by atoms with Gasteiger partial charge in [-0.2, -0.15) is 0 Å². The largest absolute Gasteiger partial charge is 0.313 e. The van der Waals surface area contributed by atoms with Crippen molar-refractivity contribution < 1.29 is 8.42 Å². The van der Waals surface area contributed by atoms with E-state index in [9.17, 15) is 8.42 Å². The third-order valence-electron chi connectivity index (χ3n) is 3.17. The summed E-state index contributed by atoms with van der Waals surface area (Å²) >= 11 is 0. The number of rotatable bonds is 6. The van der Waals surface area contributed by atoms with Crippen molar-refractivity contribution in [1.82, 2.24) is 9.62 Å². The Hall–Kier alpha value is -0.910. The molecule has 0 radical (unpaired) electrons. The number of hydrogen-bond acceptors (Lipinski definition) is 3. The summed E-state index contributed by atoms with van der Waals surface area (Å²) in [5, 5.41) is 3.18.